The molecule has 1 heterocycles. The summed E-state index contributed by atoms with van der Waals surface area (Å²) in [5.74, 6) is -6.45. The number of nitrogens with one attached hydrogen (secondary N) is 1. The maximum Gasteiger partial charge on any atom is 0.573 e. The Balaban J connectivity index is 2.05. The van der Waals surface area contributed by atoms with Crippen LogP contribution >= 0.6 is 0 Å². The number of carboxylic acid groups (broad SMARTS) is 1. The standard InChI is InChI=1S/C24H22F4N2O6/c1-11(23(34)35)10-29-21(32)12(2)20-13(3)30(18-9-17(25)19(31)8-16(18)20)22(33)14-4-6-15(7-5-14)36-24(26,27)28/h4-9,11-12,31H,10H2,1-3H3,(H,29,32)(H,34,35)/t11?,12-/m0/s1. The number of nitrogens with zero attached hydrogens (tertiary/aromatic N) is 1. The molecule has 0 fully saturated rings. The van der Waals surface area contributed by atoms with Crippen LogP contribution in [0, 0.1) is 18.7 Å². The van der Waals surface area contributed by atoms with Crippen LogP contribution in [-0.4, -0.2) is 45.5 Å². The number of phenolic OH excluding ortho intramolecular Hbond substituents is 1. The molecule has 3 N–H and O–H groups in total. The first kappa shape index (κ1) is 26.5. The molecule has 3 aromatic rings. The fourth-order valence-electron chi connectivity index (χ4n) is 3.81. The number of aromatic nitrogens is 1. The first-order valence-corrected chi connectivity index (χ1v) is 10.7. The van der Waals surface area contributed by atoms with Gasteiger partial charge in [0.15, 0.2) is 11.6 Å². The van der Waals surface area contributed by atoms with E-state index in [0.29, 0.717) is 0 Å². The second-order valence-electron chi connectivity index (χ2n) is 8.24. The lowest BCUT2D eigenvalue weighted by atomic mass is 9.96. The molecule has 0 saturated heterocycles. The van der Waals surface area contributed by atoms with Gasteiger partial charge in [-0.15, -0.1) is 13.2 Å². The van der Waals surface area contributed by atoms with Crippen molar-refractivity contribution in [1.82, 2.24) is 9.88 Å². The van der Waals surface area contributed by atoms with E-state index >= 15 is 0 Å². The first-order chi connectivity index (χ1) is 16.7. The van der Waals surface area contributed by atoms with E-state index in [1.165, 1.54) is 20.8 Å². The van der Waals surface area contributed by atoms with Gasteiger partial charge < -0.3 is 20.3 Å². The predicted octanol–water partition coefficient (Wildman–Crippen LogP) is 4.32. The van der Waals surface area contributed by atoms with Crippen LogP contribution in [0.2, 0.25) is 0 Å². The summed E-state index contributed by atoms with van der Waals surface area (Å²) < 4.78 is 56.5. The lowest BCUT2D eigenvalue weighted by molar-refractivity contribution is -0.274. The fraction of sp³-hybridized carbons (Fsp3) is 0.292. The largest absolute Gasteiger partial charge is 0.573 e. The maximum atomic E-state index is 14.3. The quantitative estimate of drug-likeness (QED) is 0.408. The zero-order chi connectivity index (χ0) is 26.9. The first-order valence-electron chi connectivity index (χ1n) is 10.7. The molecule has 0 spiro atoms. The smallest absolute Gasteiger partial charge is 0.505 e. The Morgan fingerprint density at radius 1 is 1.11 bits per heavy atom. The molecule has 192 valence electrons. The van der Waals surface area contributed by atoms with Crippen LogP contribution < -0.4 is 10.1 Å². The van der Waals surface area contributed by atoms with Gasteiger partial charge in [-0.25, -0.2) is 4.39 Å². The van der Waals surface area contributed by atoms with E-state index in [4.69, 9.17) is 5.11 Å². The molecule has 0 bridgehead atoms. The van der Waals surface area contributed by atoms with E-state index in [1.54, 1.807) is 0 Å². The number of carbonyl (C=O) groups is 3. The van der Waals surface area contributed by atoms with Crippen LogP contribution in [0.25, 0.3) is 10.9 Å². The molecule has 0 aliphatic carbocycles. The Kier molecular flexibility index (Phi) is 7.27. The van der Waals surface area contributed by atoms with Crippen LogP contribution in [-0.2, 0) is 9.59 Å². The summed E-state index contributed by atoms with van der Waals surface area (Å²) in [6.45, 7) is 4.25. The van der Waals surface area contributed by atoms with Gasteiger partial charge in [-0.3, -0.25) is 19.0 Å². The van der Waals surface area contributed by atoms with Gasteiger partial charge in [0.25, 0.3) is 5.91 Å². The minimum Gasteiger partial charge on any atom is -0.505 e. The number of amides is 1. The third kappa shape index (κ3) is 5.42. The summed E-state index contributed by atoms with van der Waals surface area (Å²) in [4.78, 5) is 37.1. The summed E-state index contributed by atoms with van der Waals surface area (Å²) in [6, 6.07) is 6.10. The summed E-state index contributed by atoms with van der Waals surface area (Å²) in [5, 5.41) is 21.7. The number of rotatable bonds is 7. The SMILES string of the molecule is Cc1c([C@H](C)C(=O)NCC(C)C(=O)O)c2cc(O)c(F)cc2n1C(=O)c1ccc(OC(F)(F)F)cc1. The van der Waals surface area contributed by atoms with Gasteiger partial charge in [0.05, 0.1) is 17.4 Å². The summed E-state index contributed by atoms with van der Waals surface area (Å²) in [7, 11) is 0. The summed E-state index contributed by atoms with van der Waals surface area (Å²) in [6.07, 6.45) is -4.91. The van der Waals surface area contributed by atoms with Gasteiger partial charge in [-0.2, -0.15) is 0 Å². The highest BCUT2D eigenvalue weighted by Gasteiger charge is 2.31. The van der Waals surface area contributed by atoms with E-state index in [9.17, 15) is 37.1 Å². The lowest BCUT2D eigenvalue weighted by Crippen LogP contribution is -2.34. The molecule has 2 atom stereocenters. The number of carboxylic acids is 1. The van der Waals surface area contributed by atoms with Crippen LogP contribution in [0.4, 0.5) is 17.6 Å². The average molecular weight is 510 g/mol. The topological polar surface area (TPSA) is 118 Å². The zero-order valence-corrected chi connectivity index (χ0v) is 19.3. The number of phenols is 1. The molecule has 3 rings (SSSR count). The van der Waals surface area contributed by atoms with E-state index < -0.39 is 53.3 Å². The van der Waals surface area contributed by atoms with E-state index in [2.05, 4.69) is 10.1 Å². The van der Waals surface area contributed by atoms with E-state index in [-0.39, 0.29) is 34.3 Å². The van der Waals surface area contributed by atoms with Crippen molar-refractivity contribution in [1.29, 1.82) is 0 Å². The molecular formula is C24H22F4N2O6. The minimum atomic E-state index is -4.91. The molecule has 12 heteroatoms. The zero-order valence-electron chi connectivity index (χ0n) is 19.3. The molecule has 0 aliphatic heterocycles. The Labute approximate surface area is 202 Å². The van der Waals surface area contributed by atoms with Gasteiger partial charge in [-0.05, 0) is 49.7 Å². The molecule has 1 amide bonds. The number of aromatic hydroxyl groups is 1. The summed E-state index contributed by atoms with van der Waals surface area (Å²) >= 11 is 0. The van der Waals surface area contributed by atoms with Gasteiger partial charge in [0, 0.05) is 29.3 Å². The van der Waals surface area contributed by atoms with Crippen LogP contribution in [0.1, 0.15) is 41.4 Å². The monoisotopic (exact) mass is 510 g/mol. The second-order valence-corrected chi connectivity index (χ2v) is 8.24. The minimum absolute atomic E-state index is 0.0250. The van der Waals surface area contributed by atoms with Crippen molar-refractivity contribution < 1.29 is 46.9 Å². The van der Waals surface area contributed by atoms with Crippen molar-refractivity contribution in [3.8, 4) is 11.5 Å². The number of hydrogen-bond acceptors (Lipinski definition) is 5. The number of ether oxygens (including phenoxy) is 1. The summed E-state index contributed by atoms with van der Waals surface area (Å²) in [5.41, 5.74) is 0.490. The third-order valence-corrected chi connectivity index (χ3v) is 5.69. The Morgan fingerprint density at radius 2 is 1.72 bits per heavy atom. The van der Waals surface area contributed by atoms with E-state index in [0.717, 1.165) is 41.0 Å². The van der Waals surface area contributed by atoms with Gasteiger partial charge in [0.1, 0.15) is 5.75 Å². The van der Waals surface area contributed by atoms with Gasteiger partial charge >= 0.3 is 12.3 Å². The molecule has 0 saturated carbocycles. The van der Waals surface area contributed by atoms with E-state index in [1.807, 2.05) is 0 Å². The third-order valence-electron chi connectivity index (χ3n) is 5.69. The highest BCUT2D eigenvalue weighted by atomic mass is 19.4. The van der Waals surface area contributed by atoms with Crippen molar-refractivity contribution in [3.05, 3.63) is 59.0 Å². The van der Waals surface area contributed by atoms with Crippen LogP contribution in [0.3, 0.4) is 0 Å². The van der Waals surface area contributed by atoms with Crippen molar-refractivity contribution in [2.75, 3.05) is 6.54 Å². The molecule has 0 radical (unpaired) electrons. The number of benzene rings is 2. The van der Waals surface area contributed by atoms with Crippen LogP contribution in [0.15, 0.2) is 36.4 Å². The van der Waals surface area contributed by atoms with Crippen molar-refractivity contribution in [2.45, 2.75) is 33.1 Å². The fourth-order valence-corrected chi connectivity index (χ4v) is 3.81. The Bertz CT molecular complexity index is 1330. The van der Waals surface area contributed by atoms with Gasteiger partial charge in [-0.1, -0.05) is 6.92 Å². The molecule has 0 aliphatic rings. The Hall–Kier alpha value is -4.09. The van der Waals surface area contributed by atoms with Crippen LogP contribution in [0.5, 0.6) is 11.5 Å². The number of hydrogen-bond donors (Lipinski definition) is 3. The van der Waals surface area contributed by atoms with Crippen molar-refractivity contribution in [3.63, 3.8) is 0 Å². The second kappa shape index (κ2) is 9.88. The number of carbonyl (C=O) groups excluding carboxylic acids is 2. The number of halogens is 4. The van der Waals surface area contributed by atoms with Crippen molar-refractivity contribution in [2.24, 2.45) is 5.92 Å². The number of alkyl halides is 3. The maximum absolute atomic E-state index is 14.3. The molecule has 2 aromatic carbocycles. The highest BCUT2D eigenvalue weighted by Crippen LogP contribution is 2.36. The highest BCUT2D eigenvalue weighted by molar-refractivity contribution is 6.05. The molecular weight excluding hydrogens is 488 g/mol. The average Bonchev–Trinajstić information content (AvgIpc) is 3.06. The Morgan fingerprint density at radius 3 is 2.28 bits per heavy atom. The number of fused-ring (bicyclic) bond motifs is 1. The van der Waals surface area contributed by atoms with Gasteiger partial charge in [0.2, 0.25) is 5.91 Å². The predicted molar refractivity (Wildman–Crippen MR) is 119 cm³/mol. The lowest BCUT2D eigenvalue weighted by Gasteiger charge is -2.15. The molecule has 36 heavy (non-hydrogen) atoms. The van der Waals surface area contributed by atoms with Crippen molar-refractivity contribution >= 4 is 28.7 Å². The molecule has 1 unspecified atom stereocenters. The normalized spacial score (nSPS) is 13.3. The number of aliphatic carboxylic acids is 1. The molecule has 8 nitrogen and oxygen atoms in total. The molecule has 1 aromatic heterocycles.